The topological polar surface area (TPSA) is 94.2 Å². The number of carbonyl (C=O) groups excluding carboxylic acids is 3. The fourth-order valence-corrected chi connectivity index (χ4v) is 3.65. The third kappa shape index (κ3) is 4.81. The lowest BCUT2D eigenvalue weighted by molar-refractivity contribution is -0.141. The van der Waals surface area contributed by atoms with E-state index in [-0.39, 0.29) is 30.1 Å². The van der Waals surface area contributed by atoms with Gasteiger partial charge in [-0.1, -0.05) is 6.07 Å². The van der Waals surface area contributed by atoms with Crippen LogP contribution in [0.2, 0.25) is 0 Å². The lowest BCUT2D eigenvalue weighted by Gasteiger charge is -2.24. The predicted octanol–water partition coefficient (Wildman–Crippen LogP) is 0.957. The van der Waals surface area contributed by atoms with Crippen LogP contribution >= 0.6 is 11.8 Å². The maximum Gasteiger partial charge on any atom is 0.325 e. The van der Waals surface area contributed by atoms with Gasteiger partial charge in [-0.05, 0) is 24.6 Å². The van der Waals surface area contributed by atoms with Crippen molar-refractivity contribution in [3.63, 3.8) is 0 Å². The summed E-state index contributed by atoms with van der Waals surface area (Å²) in [6.07, 6.45) is 0. The normalized spacial score (nSPS) is 16.3. The van der Waals surface area contributed by atoms with Gasteiger partial charge in [-0.2, -0.15) is 0 Å². The van der Waals surface area contributed by atoms with E-state index in [1.165, 1.54) is 23.8 Å². The number of methoxy groups -OCH3 is 2. The molecule has 142 valence electrons. The number of nitrogens with zero attached hydrogens (tertiary/aromatic N) is 1. The molecular weight excluding hydrogens is 360 g/mol. The molecule has 1 saturated heterocycles. The number of rotatable bonds is 8. The molecule has 9 heteroatoms. The van der Waals surface area contributed by atoms with E-state index in [2.05, 4.69) is 10.1 Å². The molecule has 1 unspecified atom stereocenters. The molecule has 1 aliphatic heterocycles. The number of amides is 2. The Balaban J connectivity index is 2.12. The Labute approximate surface area is 156 Å². The monoisotopic (exact) mass is 382 g/mol. The smallest absolute Gasteiger partial charge is 0.325 e. The zero-order valence-corrected chi connectivity index (χ0v) is 15.8. The van der Waals surface area contributed by atoms with Crippen molar-refractivity contribution in [3.05, 3.63) is 23.8 Å². The van der Waals surface area contributed by atoms with E-state index in [0.29, 0.717) is 18.1 Å². The van der Waals surface area contributed by atoms with Crippen LogP contribution in [0.3, 0.4) is 0 Å². The SMILES string of the molecule is CCOc1cc(C2SCC(=O)N2CC(=O)NCC(=O)OC)ccc1OC. The summed E-state index contributed by atoms with van der Waals surface area (Å²) in [4.78, 5) is 36.8. The van der Waals surface area contributed by atoms with E-state index < -0.39 is 11.9 Å². The summed E-state index contributed by atoms with van der Waals surface area (Å²) >= 11 is 1.43. The number of benzene rings is 1. The molecule has 1 atom stereocenters. The lowest BCUT2D eigenvalue weighted by Crippen LogP contribution is -2.41. The Morgan fingerprint density at radius 2 is 2.08 bits per heavy atom. The number of hydrogen-bond acceptors (Lipinski definition) is 7. The van der Waals surface area contributed by atoms with Crippen LogP contribution in [0.5, 0.6) is 11.5 Å². The number of nitrogens with one attached hydrogen (secondary N) is 1. The molecule has 8 nitrogen and oxygen atoms in total. The van der Waals surface area contributed by atoms with E-state index >= 15 is 0 Å². The zero-order valence-electron chi connectivity index (χ0n) is 14.9. The second-order valence-corrected chi connectivity index (χ2v) is 6.45. The highest BCUT2D eigenvalue weighted by molar-refractivity contribution is 8.00. The molecule has 1 aromatic rings. The standard InChI is InChI=1S/C17H22N2O6S/c1-4-25-13-7-11(5-6-12(13)23-2)17-19(15(21)10-26-17)9-14(20)18-8-16(22)24-3/h5-7,17H,4,8-10H2,1-3H3,(H,18,20). The third-order valence-corrected chi connectivity index (χ3v) is 4.97. The van der Waals surface area contributed by atoms with E-state index in [1.54, 1.807) is 13.2 Å². The number of ether oxygens (including phenoxy) is 3. The van der Waals surface area contributed by atoms with Crippen LogP contribution in [0.1, 0.15) is 17.9 Å². The highest BCUT2D eigenvalue weighted by Crippen LogP contribution is 2.41. The number of thioether (sulfide) groups is 1. The Kier molecular flexibility index (Phi) is 7.14. The van der Waals surface area contributed by atoms with Gasteiger partial charge in [0.25, 0.3) is 0 Å². The molecule has 1 N–H and O–H groups in total. The maximum atomic E-state index is 12.2. The minimum atomic E-state index is -0.548. The summed E-state index contributed by atoms with van der Waals surface area (Å²) in [6.45, 7) is 1.99. The summed E-state index contributed by atoms with van der Waals surface area (Å²) in [5.41, 5.74) is 0.839. The van der Waals surface area contributed by atoms with Gasteiger partial charge in [-0.3, -0.25) is 14.4 Å². The van der Waals surface area contributed by atoms with E-state index in [0.717, 1.165) is 5.56 Å². The molecule has 0 aromatic heterocycles. The molecule has 1 heterocycles. The Morgan fingerprint density at radius 1 is 1.31 bits per heavy atom. The van der Waals surface area contributed by atoms with E-state index in [9.17, 15) is 14.4 Å². The molecule has 26 heavy (non-hydrogen) atoms. The molecule has 2 rings (SSSR count). The summed E-state index contributed by atoms with van der Waals surface area (Å²) in [5.74, 6) is 0.366. The zero-order chi connectivity index (χ0) is 19.1. The number of esters is 1. The molecule has 0 saturated carbocycles. The molecule has 1 fully saturated rings. The second-order valence-electron chi connectivity index (χ2n) is 5.38. The van der Waals surface area contributed by atoms with E-state index in [4.69, 9.17) is 9.47 Å². The van der Waals surface area contributed by atoms with Gasteiger partial charge >= 0.3 is 5.97 Å². The van der Waals surface area contributed by atoms with Crippen molar-refractivity contribution in [1.29, 1.82) is 0 Å². The molecule has 0 bridgehead atoms. The first-order valence-electron chi connectivity index (χ1n) is 8.05. The van der Waals surface area contributed by atoms with Gasteiger partial charge in [-0.25, -0.2) is 0 Å². The minimum absolute atomic E-state index is 0.135. The largest absolute Gasteiger partial charge is 0.493 e. The van der Waals surface area contributed by atoms with E-state index in [1.807, 2.05) is 19.1 Å². The van der Waals surface area contributed by atoms with Crippen LogP contribution < -0.4 is 14.8 Å². The average molecular weight is 382 g/mol. The summed E-state index contributed by atoms with van der Waals surface area (Å²) in [7, 11) is 2.80. The van der Waals surface area contributed by atoms with Gasteiger partial charge in [-0.15, -0.1) is 11.8 Å². The third-order valence-electron chi connectivity index (χ3n) is 3.71. The fourth-order valence-electron chi connectivity index (χ4n) is 2.47. The van der Waals surface area contributed by atoms with Crippen molar-refractivity contribution >= 4 is 29.5 Å². The van der Waals surface area contributed by atoms with Gasteiger partial charge in [0.15, 0.2) is 11.5 Å². The number of carbonyl (C=O) groups is 3. The van der Waals surface area contributed by atoms with Gasteiger partial charge in [0.05, 0.1) is 26.6 Å². The van der Waals surface area contributed by atoms with Gasteiger partial charge in [0.1, 0.15) is 18.5 Å². The van der Waals surface area contributed by atoms with Crippen molar-refractivity contribution < 1.29 is 28.6 Å². The summed E-state index contributed by atoms with van der Waals surface area (Å²) in [5, 5.41) is 2.13. The van der Waals surface area contributed by atoms with Gasteiger partial charge < -0.3 is 24.4 Å². The predicted molar refractivity (Wildman–Crippen MR) is 96.1 cm³/mol. The van der Waals surface area contributed by atoms with Crippen molar-refractivity contribution in [2.24, 2.45) is 0 Å². The second kappa shape index (κ2) is 9.33. The minimum Gasteiger partial charge on any atom is -0.493 e. The van der Waals surface area contributed by atoms with Crippen LogP contribution in [0.15, 0.2) is 18.2 Å². The van der Waals surface area contributed by atoms with Crippen LogP contribution in [0.25, 0.3) is 0 Å². The molecule has 1 aliphatic rings. The summed E-state index contributed by atoms with van der Waals surface area (Å²) < 4.78 is 15.3. The first-order valence-corrected chi connectivity index (χ1v) is 9.10. The van der Waals surface area contributed by atoms with Crippen molar-refractivity contribution in [1.82, 2.24) is 10.2 Å². The van der Waals surface area contributed by atoms with Gasteiger partial charge in [0.2, 0.25) is 11.8 Å². The number of hydrogen-bond donors (Lipinski definition) is 1. The Hall–Kier alpha value is -2.42. The Morgan fingerprint density at radius 3 is 2.73 bits per heavy atom. The molecule has 0 radical (unpaired) electrons. The fraction of sp³-hybridized carbons (Fsp3) is 0.471. The molecule has 0 spiro atoms. The van der Waals surface area contributed by atoms with Crippen molar-refractivity contribution in [3.8, 4) is 11.5 Å². The average Bonchev–Trinajstić information content (AvgIpc) is 3.00. The van der Waals surface area contributed by atoms with Crippen LogP contribution in [-0.4, -0.2) is 62.4 Å². The molecule has 2 amide bonds. The highest BCUT2D eigenvalue weighted by Gasteiger charge is 2.34. The lowest BCUT2D eigenvalue weighted by atomic mass is 10.1. The summed E-state index contributed by atoms with van der Waals surface area (Å²) in [6, 6.07) is 5.44. The first kappa shape index (κ1) is 19.9. The van der Waals surface area contributed by atoms with Crippen molar-refractivity contribution in [2.45, 2.75) is 12.3 Å². The van der Waals surface area contributed by atoms with Crippen LogP contribution in [0, 0.1) is 0 Å². The van der Waals surface area contributed by atoms with Crippen LogP contribution in [-0.2, 0) is 19.1 Å². The first-order chi connectivity index (χ1) is 12.5. The highest BCUT2D eigenvalue weighted by atomic mass is 32.2. The molecule has 0 aliphatic carbocycles. The maximum absolute atomic E-state index is 12.2. The molecule has 1 aromatic carbocycles. The van der Waals surface area contributed by atoms with Crippen molar-refractivity contribution in [2.75, 3.05) is 39.7 Å². The molecular formula is C17H22N2O6S. The Bertz CT molecular complexity index is 681. The quantitative estimate of drug-likeness (QED) is 0.669. The van der Waals surface area contributed by atoms with Crippen LogP contribution in [0.4, 0.5) is 0 Å². The van der Waals surface area contributed by atoms with Gasteiger partial charge in [0, 0.05) is 0 Å².